The highest BCUT2D eigenvalue weighted by molar-refractivity contribution is 6.03. The van der Waals surface area contributed by atoms with E-state index < -0.39 is 5.91 Å². The van der Waals surface area contributed by atoms with Crippen LogP contribution in [-0.4, -0.2) is 21.0 Å². The lowest BCUT2D eigenvalue weighted by molar-refractivity contribution is 0.102. The van der Waals surface area contributed by atoms with Crippen LogP contribution >= 0.6 is 0 Å². The van der Waals surface area contributed by atoms with Crippen molar-refractivity contribution >= 4 is 17.5 Å². The van der Waals surface area contributed by atoms with Gasteiger partial charge in [0.1, 0.15) is 5.75 Å². The van der Waals surface area contributed by atoms with Gasteiger partial charge >= 0.3 is 0 Å². The average molecular weight is 230 g/mol. The second-order valence-electron chi connectivity index (χ2n) is 3.30. The molecule has 0 saturated heterocycles. The third-order valence-electron chi connectivity index (χ3n) is 2.08. The van der Waals surface area contributed by atoms with E-state index in [4.69, 9.17) is 5.73 Å². The van der Waals surface area contributed by atoms with Crippen LogP contribution in [0, 0.1) is 0 Å². The summed E-state index contributed by atoms with van der Waals surface area (Å²) >= 11 is 0. The number of hydrogen-bond donors (Lipinski definition) is 3. The van der Waals surface area contributed by atoms with Gasteiger partial charge in [0.15, 0.2) is 0 Å². The molecule has 0 radical (unpaired) electrons. The van der Waals surface area contributed by atoms with Gasteiger partial charge < -0.3 is 10.8 Å². The number of benzene rings is 1. The first kappa shape index (κ1) is 10.9. The second-order valence-corrected chi connectivity index (χ2v) is 3.30. The molecule has 1 amide bonds. The number of carbonyl (C=O) groups is 1. The van der Waals surface area contributed by atoms with E-state index in [0.29, 0.717) is 0 Å². The average Bonchev–Trinajstić information content (AvgIpc) is 2.34. The van der Waals surface area contributed by atoms with Crippen molar-refractivity contribution in [2.75, 3.05) is 11.1 Å². The van der Waals surface area contributed by atoms with E-state index in [-0.39, 0.29) is 22.9 Å². The Bertz CT molecular complexity index is 542. The third-order valence-corrected chi connectivity index (χ3v) is 2.08. The number of aromatic nitrogens is 2. The van der Waals surface area contributed by atoms with E-state index >= 15 is 0 Å². The van der Waals surface area contributed by atoms with Gasteiger partial charge in [-0.25, -0.2) is 9.97 Å². The summed E-state index contributed by atoms with van der Waals surface area (Å²) in [6, 6.07) is 5.89. The molecule has 0 aliphatic rings. The largest absolute Gasteiger partial charge is 0.506 e. The van der Waals surface area contributed by atoms with Crippen LogP contribution in [0.2, 0.25) is 0 Å². The summed E-state index contributed by atoms with van der Waals surface area (Å²) in [4.78, 5) is 19.4. The number of phenols is 1. The van der Waals surface area contributed by atoms with Crippen molar-refractivity contribution in [1.29, 1.82) is 0 Å². The third kappa shape index (κ3) is 2.49. The Hall–Kier alpha value is -2.63. The summed E-state index contributed by atoms with van der Waals surface area (Å²) in [5, 5.41) is 11.9. The zero-order valence-corrected chi connectivity index (χ0v) is 8.79. The molecule has 0 aliphatic carbocycles. The zero-order valence-electron chi connectivity index (χ0n) is 8.79. The van der Waals surface area contributed by atoms with Gasteiger partial charge in [-0.3, -0.25) is 10.1 Å². The van der Waals surface area contributed by atoms with Gasteiger partial charge in [-0.2, -0.15) is 0 Å². The number of nitrogen functional groups attached to an aromatic ring is 1. The highest BCUT2D eigenvalue weighted by Crippen LogP contribution is 2.20. The van der Waals surface area contributed by atoms with Crippen molar-refractivity contribution in [3.8, 4) is 5.75 Å². The molecule has 17 heavy (non-hydrogen) atoms. The molecule has 2 aromatic rings. The Labute approximate surface area is 97.1 Å². The molecule has 0 spiro atoms. The number of aromatic hydroxyl groups is 1. The van der Waals surface area contributed by atoms with Gasteiger partial charge in [0, 0.05) is 18.0 Å². The number of nitrogens with one attached hydrogen (secondary N) is 1. The Morgan fingerprint density at radius 3 is 2.65 bits per heavy atom. The van der Waals surface area contributed by atoms with Gasteiger partial charge in [-0.05, 0) is 24.3 Å². The maximum Gasteiger partial charge on any atom is 0.258 e. The van der Waals surface area contributed by atoms with Gasteiger partial charge in [-0.15, -0.1) is 0 Å². The zero-order chi connectivity index (χ0) is 12.3. The lowest BCUT2D eigenvalue weighted by Gasteiger charge is -2.04. The number of phenolic OH excluding ortho intramolecular Hbond substituents is 1. The van der Waals surface area contributed by atoms with Crippen LogP contribution in [0.15, 0.2) is 36.7 Å². The summed E-state index contributed by atoms with van der Waals surface area (Å²) in [7, 11) is 0. The minimum atomic E-state index is -0.411. The molecule has 0 unspecified atom stereocenters. The van der Waals surface area contributed by atoms with Crippen LogP contribution in [0.25, 0.3) is 0 Å². The smallest absolute Gasteiger partial charge is 0.258 e. The predicted octanol–water partition coefficient (Wildman–Crippen LogP) is 1.02. The first-order valence-corrected chi connectivity index (χ1v) is 4.83. The first-order valence-electron chi connectivity index (χ1n) is 4.83. The summed E-state index contributed by atoms with van der Waals surface area (Å²) < 4.78 is 0. The number of nitrogens with two attached hydrogens (primary N) is 1. The van der Waals surface area contributed by atoms with Crippen LogP contribution in [0.1, 0.15) is 10.4 Å². The van der Waals surface area contributed by atoms with Crippen molar-refractivity contribution in [3.63, 3.8) is 0 Å². The highest BCUT2D eigenvalue weighted by atomic mass is 16.3. The lowest BCUT2D eigenvalue weighted by Crippen LogP contribution is -2.13. The number of hydrogen-bond acceptors (Lipinski definition) is 5. The first-order chi connectivity index (χ1) is 8.16. The molecular formula is C11H10N4O2. The maximum atomic E-state index is 11.7. The van der Waals surface area contributed by atoms with E-state index in [9.17, 15) is 9.90 Å². The number of rotatable bonds is 2. The van der Waals surface area contributed by atoms with Crippen LogP contribution in [0.4, 0.5) is 11.6 Å². The molecule has 0 saturated carbocycles. The molecule has 1 aromatic heterocycles. The second kappa shape index (κ2) is 4.48. The van der Waals surface area contributed by atoms with Crippen LogP contribution in [-0.2, 0) is 0 Å². The topological polar surface area (TPSA) is 101 Å². The summed E-state index contributed by atoms with van der Waals surface area (Å²) in [6.07, 6.45) is 3.03. The normalized spacial score (nSPS) is 9.88. The number of nitrogens with zero attached hydrogens (tertiary/aromatic N) is 2. The Morgan fingerprint density at radius 1 is 1.29 bits per heavy atom. The van der Waals surface area contributed by atoms with Gasteiger partial charge in [-0.1, -0.05) is 0 Å². The SMILES string of the molecule is Nc1ccc(C(=O)Nc2ncccn2)cc1O. The van der Waals surface area contributed by atoms with Crippen molar-refractivity contribution in [1.82, 2.24) is 9.97 Å². The molecule has 0 fully saturated rings. The fourth-order valence-electron chi connectivity index (χ4n) is 1.22. The molecular weight excluding hydrogens is 220 g/mol. The predicted molar refractivity (Wildman–Crippen MR) is 62.5 cm³/mol. The molecule has 0 atom stereocenters. The molecule has 6 nitrogen and oxygen atoms in total. The molecule has 0 aliphatic heterocycles. The molecule has 0 bridgehead atoms. The van der Waals surface area contributed by atoms with Gasteiger partial charge in [0.05, 0.1) is 5.69 Å². The van der Waals surface area contributed by atoms with Crippen molar-refractivity contribution in [2.24, 2.45) is 0 Å². The van der Waals surface area contributed by atoms with E-state index in [1.54, 1.807) is 6.07 Å². The number of anilines is 2. The van der Waals surface area contributed by atoms with Crippen molar-refractivity contribution < 1.29 is 9.90 Å². The van der Waals surface area contributed by atoms with Gasteiger partial charge in [0.2, 0.25) is 5.95 Å². The maximum absolute atomic E-state index is 11.7. The monoisotopic (exact) mass is 230 g/mol. The lowest BCUT2D eigenvalue weighted by atomic mass is 10.2. The molecule has 86 valence electrons. The minimum absolute atomic E-state index is 0.133. The van der Waals surface area contributed by atoms with Crippen LogP contribution in [0.5, 0.6) is 5.75 Å². The van der Waals surface area contributed by atoms with E-state index in [2.05, 4.69) is 15.3 Å². The van der Waals surface area contributed by atoms with Crippen molar-refractivity contribution in [3.05, 3.63) is 42.2 Å². The summed E-state index contributed by atoms with van der Waals surface area (Å²) in [6.45, 7) is 0. The Kier molecular flexibility index (Phi) is 2.87. The van der Waals surface area contributed by atoms with E-state index in [1.807, 2.05) is 0 Å². The number of carbonyl (C=O) groups excluding carboxylic acids is 1. The van der Waals surface area contributed by atoms with Crippen LogP contribution < -0.4 is 11.1 Å². The Balaban J connectivity index is 2.18. The quantitative estimate of drug-likeness (QED) is 0.528. The minimum Gasteiger partial charge on any atom is -0.506 e. The highest BCUT2D eigenvalue weighted by Gasteiger charge is 2.09. The van der Waals surface area contributed by atoms with Crippen molar-refractivity contribution in [2.45, 2.75) is 0 Å². The number of amides is 1. The fourth-order valence-corrected chi connectivity index (χ4v) is 1.22. The van der Waals surface area contributed by atoms with E-state index in [0.717, 1.165) is 0 Å². The molecule has 1 heterocycles. The molecule has 1 aromatic carbocycles. The van der Waals surface area contributed by atoms with Crippen LogP contribution in [0.3, 0.4) is 0 Å². The summed E-state index contributed by atoms with van der Waals surface area (Å²) in [5.41, 5.74) is 5.94. The Morgan fingerprint density at radius 2 is 2.00 bits per heavy atom. The van der Waals surface area contributed by atoms with E-state index in [1.165, 1.54) is 30.6 Å². The molecule has 6 heteroatoms. The molecule has 2 rings (SSSR count). The summed E-state index contributed by atoms with van der Waals surface area (Å²) in [5.74, 6) is -0.341. The molecule has 4 N–H and O–H groups in total. The standard InChI is InChI=1S/C11H10N4O2/c12-8-3-2-7(6-9(8)16)10(17)15-11-13-4-1-5-14-11/h1-6,16H,12H2,(H,13,14,15,17). The van der Waals surface area contributed by atoms with Gasteiger partial charge in [0.25, 0.3) is 5.91 Å². The fraction of sp³-hybridized carbons (Fsp3) is 0.